The summed E-state index contributed by atoms with van der Waals surface area (Å²) < 4.78 is 6.30. The molecule has 4 N–H and O–H groups in total. The molecular weight excluding hydrogens is 378 g/mol. The number of fused-ring (bicyclic) bond motifs is 3. The summed E-state index contributed by atoms with van der Waals surface area (Å²) in [6.07, 6.45) is 7.28. The van der Waals surface area contributed by atoms with Gasteiger partial charge in [0.05, 0.1) is 17.5 Å². The lowest BCUT2D eigenvalue weighted by Gasteiger charge is -2.35. The summed E-state index contributed by atoms with van der Waals surface area (Å²) in [6.45, 7) is 8.13. The van der Waals surface area contributed by atoms with Crippen LogP contribution in [0.25, 0.3) is 11.3 Å². The van der Waals surface area contributed by atoms with E-state index in [1.165, 1.54) is 6.33 Å². The van der Waals surface area contributed by atoms with Gasteiger partial charge in [0.2, 0.25) is 0 Å². The first-order valence-electron chi connectivity index (χ1n) is 10.4. The lowest BCUT2D eigenvalue weighted by Crippen LogP contribution is -2.36. The molecule has 1 heterocycles. The molecule has 0 bridgehead atoms. The number of ether oxygens (including phenoxy) is 1. The van der Waals surface area contributed by atoms with Crippen LogP contribution in [0.4, 0.5) is 5.82 Å². The normalized spacial score (nSPS) is 23.4. The summed E-state index contributed by atoms with van der Waals surface area (Å²) in [5, 5.41) is 4.47. The Morgan fingerprint density at radius 2 is 1.97 bits per heavy atom. The van der Waals surface area contributed by atoms with Gasteiger partial charge < -0.3 is 21.0 Å². The third-order valence-corrected chi connectivity index (χ3v) is 5.96. The van der Waals surface area contributed by atoms with Gasteiger partial charge in [-0.2, -0.15) is 0 Å². The van der Waals surface area contributed by atoms with Crippen molar-refractivity contribution in [3.05, 3.63) is 48.3 Å². The van der Waals surface area contributed by atoms with E-state index in [-0.39, 0.29) is 12.1 Å². The summed E-state index contributed by atoms with van der Waals surface area (Å²) in [6, 6.07) is 6.32. The maximum atomic E-state index is 6.30. The van der Waals surface area contributed by atoms with E-state index < -0.39 is 5.41 Å². The van der Waals surface area contributed by atoms with Gasteiger partial charge in [0.25, 0.3) is 0 Å². The van der Waals surface area contributed by atoms with E-state index in [1.54, 1.807) is 6.08 Å². The van der Waals surface area contributed by atoms with Crippen molar-refractivity contribution in [3.63, 3.8) is 0 Å². The first kappa shape index (κ1) is 20.3. The molecule has 1 fully saturated rings. The summed E-state index contributed by atoms with van der Waals surface area (Å²) in [5.41, 5.74) is 16.1. The molecule has 2 aromatic rings. The van der Waals surface area contributed by atoms with Crippen LogP contribution in [-0.2, 0) is 10.3 Å². The molecule has 7 heteroatoms. The minimum atomic E-state index is -0.537. The molecule has 0 saturated heterocycles. The van der Waals surface area contributed by atoms with Crippen molar-refractivity contribution in [3.8, 4) is 17.0 Å². The summed E-state index contributed by atoms with van der Waals surface area (Å²) in [4.78, 5) is 14.3. The molecule has 2 aliphatic carbocycles. The molecule has 2 aliphatic rings. The molecule has 30 heavy (non-hydrogen) atoms. The van der Waals surface area contributed by atoms with Crippen LogP contribution in [0.15, 0.2) is 42.3 Å². The molecule has 0 radical (unpaired) electrons. The van der Waals surface area contributed by atoms with Crippen molar-refractivity contribution in [2.45, 2.75) is 57.1 Å². The van der Waals surface area contributed by atoms with Gasteiger partial charge >= 0.3 is 0 Å². The number of nitrogen functional groups attached to an aromatic ring is 1. The van der Waals surface area contributed by atoms with E-state index in [4.69, 9.17) is 21.0 Å². The highest BCUT2D eigenvalue weighted by molar-refractivity contribution is 6.15. The third kappa shape index (κ3) is 3.65. The lowest BCUT2D eigenvalue weighted by atomic mass is 9.70. The Balaban J connectivity index is 1.77. The van der Waals surface area contributed by atoms with Gasteiger partial charge in [0.1, 0.15) is 24.5 Å². The van der Waals surface area contributed by atoms with E-state index in [9.17, 15) is 0 Å². The molecule has 1 aromatic heterocycles. The van der Waals surface area contributed by atoms with Crippen LogP contribution in [0.2, 0.25) is 0 Å². The predicted octanol–water partition coefficient (Wildman–Crippen LogP) is 3.57. The van der Waals surface area contributed by atoms with Gasteiger partial charge in [0.15, 0.2) is 0 Å². The fourth-order valence-corrected chi connectivity index (χ4v) is 4.39. The van der Waals surface area contributed by atoms with Gasteiger partial charge in [-0.05, 0) is 57.7 Å². The number of aromatic nitrogens is 2. The van der Waals surface area contributed by atoms with Crippen LogP contribution < -0.4 is 16.2 Å². The fraction of sp³-hybridized carbons (Fsp3) is 0.435. The van der Waals surface area contributed by atoms with Crippen molar-refractivity contribution in [2.24, 2.45) is 10.9 Å². The Labute approximate surface area is 177 Å². The number of oxime groups is 1. The van der Waals surface area contributed by atoms with Crippen molar-refractivity contribution in [1.29, 1.82) is 0 Å². The minimum Gasteiger partial charge on any atom is -0.490 e. The number of rotatable bonds is 5. The predicted molar refractivity (Wildman–Crippen MR) is 118 cm³/mol. The highest BCUT2D eigenvalue weighted by atomic mass is 16.6. The van der Waals surface area contributed by atoms with Gasteiger partial charge in [-0.25, -0.2) is 9.97 Å². The largest absolute Gasteiger partial charge is 0.490 e. The fourth-order valence-electron chi connectivity index (χ4n) is 4.39. The zero-order chi connectivity index (χ0) is 21.3. The number of benzene rings is 1. The maximum Gasteiger partial charge on any atom is 0.135 e. The molecular formula is C23H29N5O2. The topological polar surface area (TPSA) is 109 Å². The summed E-state index contributed by atoms with van der Waals surface area (Å²) in [7, 11) is 0. The summed E-state index contributed by atoms with van der Waals surface area (Å²) in [5.74, 6) is 1.26. The Morgan fingerprint density at radius 3 is 2.70 bits per heavy atom. The number of hydrogen-bond acceptors (Lipinski definition) is 7. The van der Waals surface area contributed by atoms with E-state index in [2.05, 4.69) is 35.6 Å². The van der Waals surface area contributed by atoms with Crippen LogP contribution in [0.1, 0.15) is 50.7 Å². The first-order chi connectivity index (χ1) is 14.4. The first-order valence-corrected chi connectivity index (χ1v) is 10.4. The Kier molecular flexibility index (Phi) is 5.47. The van der Waals surface area contributed by atoms with Gasteiger partial charge in [-0.15, -0.1) is 0 Å². The Morgan fingerprint density at radius 1 is 1.20 bits per heavy atom. The van der Waals surface area contributed by atoms with Gasteiger partial charge in [-0.1, -0.05) is 17.8 Å². The molecule has 0 atom stereocenters. The number of anilines is 1. The Bertz CT molecular complexity index is 978. The van der Waals surface area contributed by atoms with Gasteiger partial charge in [0, 0.05) is 28.1 Å². The van der Waals surface area contributed by atoms with Crippen LogP contribution >= 0.6 is 0 Å². The smallest absolute Gasteiger partial charge is 0.135 e. The van der Waals surface area contributed by atoms with Crippen molar-refractivity contribution < 1.29 is 9.57 Å². The summed E-state index contributed by atoms with van der Waals surface area (Å²) >= 11 is 0. The van der Waals surface area contributed by atoms with E-state index >= 15 is 0 Å². The standard InChI is InChI=1S/C23H29N5O2/c1-4-11-29-28-21-18-12-16(30-15-7-5-14(24)6-8-15)9-10-17(18)20-19(23(21,2)3)22(25)27-13-26-20/h4,9-10,12-15H,1,5-8,11,24H2,2-3H3,(H2,25,26,27)/b28-21-/t14-,15-. The Hall–Kier alpha value is -2.93. The second-order valence-electron chi connectivity index (χ2n) is 8.49. The molecule has 7 nitrogen and oxygen atoms in total. The molecule has 4 rings (SSSR count). The van der Waals surface area contributed by atoms with E-state index in [1.807, 2.05) is 18.2 Å². The highest BCUT2D eigenvalue weighted by Gasteiger charge is 2.41. The molecule has 0 aliphatic heterocycles. The quantitative estimate of drug-likeness (QED) is 0.445. The van der Waals surface area contributed by atoms with Gasteiger partial charge in [-0.3, -0.25) is 0 Å². The van der Waals surface area contributed by atoms with Crippen LogP contribution in [0, 0.1) is 0 Å². The average Bonchev–Trinajstić information content (AvgIpc) is 2.72. The lowest BCUT2D eigenvalue weighted by molar-refractivity contribution is 0.147. The molecule has 158 valence electrons. The van der Waals surface area contributed by atoms with E-state index in [0.29, 0.717) is 12.4 Å². The average molecular weight is 408 g/mol. The van der Waals surface area contributed by atoms with Crippen LogP contribution in [0.3, 0.4) is 0 Å². The number of nitrogens with two attached hydrogens (primary N) is 2. The third-order valence-electron chi connectivity index (χ3n) is 5.96. The zero-order valence-electron chi connectivity index (χ0n) is 17.6. The van der Waals surface area contributed by atoms with Crippen molar-refractivity contribution >= 4 is 11.5 Å². The van der Waals surface area contributed by atoms with Crippen molar-refractivity contribution in [1.82, 2.24) is 9.97 Å². The van der Waals surface area contributed by atoms with E-state index in [0.717, 1.165) is 59.5 Å². The maximum absolute atomic E-state index is 6.30. The minimum absolute atomic E-state index is 0.183. The van der Waals surface area contributed by atoms with Crippen LogP contribution in [-0.4, -0.2) is 34.4 Å². The zero-order valence-corrected chi connectivity index (χ0v) is 17.6. The number of nitrogens with zero attached hydrogens (tertiary/aromatic N) is 3. The SMILES string of the molecule is C=CCO/N=C1/c2cc(O[C@H]3CC[C@H](N)CC3)ccc2-c2ncnc(N)c2C1(C)C. The molecule has 0 spiro atoms. The molecule has 1 saturated carbocycles. The second kappa shape index (κ2) is 8.07. The molecule has 0 unspecified atom stereocenters. The second-order valence-corrected chi connectivity index (χ2v) is 8.49. The highest BCUT2D eigenvalue weighted by Crippen LogP contribution is 2.45. The molecule has 1 aromatic carbocycles. The van der Waals surface area contributed by atoms with Crippen LogP contribution in [0.5, 0.6) is 5.75 Å². The molecule has 0 amide bonds. The number of hydrogen-bond donors (Lipinski definition) is 2. The monoisotopic (exact) mass is 407 g/mol. The van der Waals surface area contributed by atoms with Crippen molar-refractivity contribution in [2.75, 3.05) is 12.3 Å².